The number of rotatable bonds is 0. The minimum atomic E-state index is -2.62. The van der Waals surface area contributed by atoms with E-state index in [0.29, 0.717) is 0 Å². The molecule has 0 fully saturated rings. The summed E-state index contributed by atoms with van der Waals surface area (Å²) in [6, 6.07) is 0. The van der Waals surface area contributed by atoms with Crippen molar-refractivity contribution in [2.45, 2.75) is 0 Å². The van der Waals surface area contributed by atoms with Gasteiger partial charge in [-0.3, -0.25) is 0 Å². The summed E-state index contributed by atoms with van der Waals surface area (Å²) in [5.41, 5.74) is 0. The van der Waals surface area contributed by atoms with E-state index in [9.17, 15) is 0 Å². The van der Waals surface area contributed by atoms with Gasteiger partial charge in [0, 0.05) is 19.5 Å². The zero-order chi connectivity index (χ0) is 3.58. The van der Waals surface area contributed by atoms with Crippen LogP contribution in [0.15, 0.2) is 0 Å². The number of hydrogen-bond donors (Lipinski definition) is 3. The molecular weight excluding hydrogens is 211 g/mol. The molecular formula is H8AlCaO3PZn. The van der Waals surface area contributed by atoms with Gasteiger partial charge in [-0.25, -0.2) is 0 Å². The fraction of sp³-hybridized carbons (Fsp3) is 0. The largest absolute Gasteiger partial charge is 2.00 e. The summed E-state index contributed by atoms with van der Waals surface area (Å²) in [5, 5.41) is 0. The molecule has 0 heterocycles. The molecule has 0 aliphatic carbocycles. The first-order valence-electron chi connectivity index (χ1n) is 0.600. The Balaban J connectivity index is -0.00000000450. The van der Waals surface area contributed by atoms with Crippen molar-refractivity contribution < 1.29 is 37.0 Å². The molecule has 0 aromatic carbocycles. The second-order valence-corrected chi connectivity index (χ2v) is 0.805. The van der Waals surface area contributed by atoms with Crippen LogP contribution < -0.4 is 0 Å². The second kappa shape index (κ2) is 15.9. The van der Waals surface area contributed by atoms with Crippen LogP contribution in [-0.4, -0.2) is 69.8 Å². The summed E-state index contributed by atoms with van der Waals surface area (Å²) in [6.07, 6.45) is 0. The SMILES string of the molecule is OP(O)O.[AlH3].[Ca+2].[H-].[H-].[Zn]. The van der Waals surface area contributed by atoms with Crippen molar-refractivity contribution in [1.29, 1.82) is 0 Å². The van der Waals surface area contributed by atoms with Gasteiger partial charge in [0.2, 0.25) is 0 Å². The molecule has 0 unspecified atom stereocenters. The van der Waals surface area contributed by atoms with Gasteiger partial charge in [-0.2, -0.15) is 0 Å². The van der Waals surface area contributed by atoms with Crippen LogP contribution in [0, 0.1) is 0 Å². The standard InChI is InChI=1S/Al.Ca.H3O3P.Zn.5H/c;;1-4(2)3;;;;;;/h;;1-3H;;;;;;/q;+2;;;;;;2*-1. The Morgan fingerprint density at radius 3 is 1.14 bits per heavy atom. The van der Waals surface area contributed by atoms with E-state index in [4.69, 9.17) is 14.7 Å². The van der Waals surface area contributed by atoms with Gasteiger partial charge in [0.1, 0.15) is 0 Å². The van der Waals surface area contributed by atoms with E-state index in [1.807, 2.05) is 0 Å². The predicted molar refractivity (Wildman–Crippen MR) is 31.5 cm³/mol. The van der Waals surface area contributed by atoms with Crippen LogP contribution in [0.5, 0.6) is 0 Å². The molecule has 0 aliphatic heterocycles. The molecule has 0 radical (unpaired) electrons. The third kappa shape index (κ3) is 53.1. The first-order chi connectivity index (χ1) is 1.73. The molecule has 0 aromatic rings. The van der Waals surface area contributed by atoms with E-state index in [1.54, 1.807) is 0 Å². The minimum Gasteiger partial charge on any atom is -1.00 e. The quantitative estimate of drug-likeness (QED) is 0.322. The minimum absolute atomic E-state index is 0. The first kappa shape index (κ1) is 22.6. The molecule has 0 saturated heterocycles. The van der Waals surface area contributed by atoms with Crippen LogP contribution in [0.4, 0.5) is 0 Å². The summed E-state index contributed by atoms with van der Waals surface area (Å²) in [6.45, 7) is 0. The molecule has 3 nitrogen and oxygen atoms in total. The van der Waals surface area contributed by atoms with Gasteiger partial charge in [-0.15, -0.1) is 0 Å². The van der Waals surface area contributed by atoms with Gasteiger partial charge in [-0.1, -0.05) is 0 Å². The topological polar surface area (TPSA) is 60.7 Å². The van der Waals surface area contributed by atoms with Crippen LogP contribution >= 0.6 is 8.60 Å². The van der Waals surface area contributed by atoms with Crippen LogP contribution in [-0.2, 0) is 19.5 Å². The Morgan fingerprint density at radius 2 is 1.14 bits per heavy atom. The van der Waals surface area contributed by atoms with Crippen molar-refractivity contribution in [1.82, 2.24) is 0 Å². The monoisotopic (exact) mass is 218 g/mol. The average Bonchev–Trinajstić information content (AvgIpc) is 0.811. The van der Waals surface area contributed by atoms with E-state index in [2.05, 4.69) is 0 Å². The maximum atomic E-state index is 7.23. The first-order valence-corrected chi connectivity index (χ1v) is 1.80. The predicted octanol–water partition coefficient (Wildman–Crippen LogP) is -2.15. The maximum Gasteiger partial charge on any atom is 2.00 e. The van der Waals surface area contributed by atoms with E-state index in [-0.39, 0.29) is 77.4 Å². The fourth-order valence-electron chi connectivity index (χ4n) is 0. The van der Waals surface area contributed by atoms with Crippen molar-refractivity contribution in [3.05, 3.63) is 0 Å². The maximum absolute atomic E-state index is 7.23. The third-order valence-corrected chi connectivity index (χ3v) is 0. The van der Waals surface area contributed by atoms with Gasteiger partial charge in [0.05, 0.1) is 0 Å². The number of hydrogen-bond acceptors (Lipinski definition) is 3. The third-order valence-electron chi connectivity index (χ3n) is 0. The summed E-state index contributed by atoms with van der Waals surface area (Å²) in [5.74, 6) is 0. The van der Waals surface area contributed by atoms with Crippen molar-refractivity contribution in [3.8, 4) is 0 Å². The van der Waals surface area contributed by atoms with Crippen molar-refractivity contribution in [2.75, 3.05) is 0 Å². The van der Waals surface area contributed by atoms with Gasteiger partial charge in [-0.05, 0) is 0 Å². The Kier molecular flexibility index (Phi) is 51.3. The smallest absolute Gasteiger partial charge is 1.00 e. The molecule has 0 saturated carbocycles. The Bertz CT molecular complexity index is 26.5. The molecule has 0 rings (SSSR count). The van der Waals surface area contributed by atoms with Gasteiger partial charge >= 0.3 is 46.3 Å². The normalized spacial score (nSPS) is 5.14. The second-order valence-electron chi connectivity index (χ2n) is 0.268. The molecule has 7 heteroatoms. The van der Waals surface area contributed by atoms with E-state index < -0.39 is 8.60 Å². The van der Waals surface area contributed by atoms with Gasteiger partial charge < -0.3 is 17.5 Å². The molecule has 0 atom stereocenters. The molecule has 0 aromatic heterocycles. The average molecular weight is 219 g/mol. The Morgan fingerprint density at radius 1 is 1.14 bits per heavy atom. The van der Waals surface area contributed by atoms with Crippen LogP contribution in [0.2, 0.25) is 0 Å². The van der Waals surface area contributed by atoms with Crippen molar-refractivity contribution in [2.24, 2.45) is 0 Å². The molecule has 0 bridgehead atoms. The zero-order valence-electron chi connectivity index (χ0n) is 5.20. The Labute approximate surface area is 99.4 Å². The van der Waals surface area contributed by atoms with E-state index in [1.165, 1.54) is 0 Å². The summed E-state index contributed by atoms with van der Waals surface area (Å²) in [4.78, 5) is 21.7. The van der Waals surface area contributed by atoms with Crippen LogP contribution in [0.3, 0.4) is 0 Å². The molecule has 0 aliphatic rings. The molecule has 3 N–H and O–H groups in total. The zero-order valence-corrected chi connectivity index (χ0v) is 9.27. The van der Waals surface area contributed by atoms with Crippen molar-refractivity contribution in [3.63, 3.8) is 0 Å². The fourth-order valence-corrected chi connectivity index (χ4v) is 0. The van der Waals surface area contributed by atoms with Crippen LogP contribution in [0.1, 0.15) is 2.85 Å². The molecule has 0 spiro atoms. The van der Waals surface area contributed by atoms with Crippen LogP contribution in [0.25, 0.3) is 0 Å². The molecule has 0 amide bonds. The van der Waals surface area contributed by atoms with Crippen molar-refractivity contribution >= 4 is 63.7 Å². The van der Waals surface area contributed by atoms with Gasteiger partial charge in [0.15, 0.2) is 17.4 Å². The van der Waals surface area contributed by atoms with Gasteiger partial charge in [0.25, 0.3) is 0 Å². The summed E-state index contributed by atoms with van der Waals surface area (Å²) < 4.78 is 0. The summed E-state index contributed by atoms with van der Waals surface area (Å²) >= 11 is 0. The van der Waals surface area contributed by atoms with E-state index >= 15 is 0 Å². The van der Waals surface area contributed by atoms with E-state index in [0.717, 1.165) is 0 Å². The Hall–Kier alpha value is 2.73. The molecule has 7 heavy (non-hydrogen) atoms. The summed E-state index contributed by atoms with van der Waals surface area (Å²) in [7, 11) is -2.62. The molecule has 38 valence electrons.